The molecule has 25 heavy (non-hydrogen) atoms. The fourth-order valence-electron chi connectivity index (χ4n) is 2.55. The quantitative estimate of drug-likeness (QED) is 0.333. The van der Waals surface area contributed by atoms with Crippen LogP contribution < -0.4 is 4.90 Å². The summed E-state index contributed by atoms with van der Waals surface area (Å²) in [7, 11) is 0. The summed E-state index contributed by atoms with van der Waals surface area (Å²) in [6, 6.07) is 7.19. The minimum Gasteiger partial charge on any atom is -0.293 e. The van der Waals surface area contributed by atoms with Crippen LogP contribution in [0.2, 0.25) is 0 Å². The lowest BCUT2D eigenvalue weighted by Gasteiger charge is -2.36. The van der Waals surface area contributed by atoms with Gasteiger partial charge in [-0.05, 0) is 44.4 Å². The van der Waals surface area contributed by atoms with Crippen molar-refractivity contribution in [3.05, 3.63) is 39.6 Å². The van der Waals surface area contributed by atoms with Gasteiger partial charge in [0.05, 0.1) is 9.92 Å². The lowest BCUT2D eigenvalue weighted by molar-refractivity contribution is -0.141. The summed E-state index contributed by atoms with van der Waals surface area (Å²) in [5.41, 5.74) is 0.419. The molecule has 4 nitrogen and oxygen atoms in total. The van der Waals surface area contributed by atoms with Crippen LogP contribution in [0.1, 0.15) is 33.3 Å². The number of Topliss-reactive ketones (excluding diaryl/α,β-unsaturated/α-hetero) is 1. The van der Waals surface area contributed by atoms with Crippen LogP contribution in [0.15, 0.2) is 34.1 Å². The number of aryl methyl sites for hydroxylation is 1. The molecule has 134 valence electrons. The van der Waals surface area contributed by atoms with Crippen LogP contribution in [0.4, 0.5) is 5.69 Å². The summed E-state index contributed by atoms with van der Waals surface area (Å²) < 4.78 is 0.706. The number of carbonyl (C=O) groups is 3. The lowest BCUT2D eigenvalue weighted by atomic mass is 9.79. The molecule has 0 aliphatic carbocycles. The van der Waals surface area contributed by atoms with Crippen LogP contribution in [-0.2, 0) is 14.4 Å². The van der Waals surface area contributed by atoms with E-state index < -0.39 is 17.2 Å². The molecular weight excluding hydrogens is 354 g/mol. The molecule has 6 heteroatoms. The molecule has 0 N–H and O–H groups in total. The zero-order chi connectivity index (χ0) is 18.8. The van der Waals surface area contributed by atoms with Crippen molar-refractivity contribution < 1.29 is 14.4 Å². The predicted molar refractivity (Wildman–Crippen MR) is 106 cm³/mol. The maximum atomic E-state index is 13.1. The molecule has 0 radical (unpaired) electrons. The third-order valence-corrected chi connectivity index (χ3v) is 6.21. The third-order valence-electron chi connectivity index (χ3n) is 4.00. The SMILES string of the molecule is CCSC(SCC)=C1C(=O)N(c2ccc(C)cc2)C(=O)C(C)(C)C1=O. The topological polar surface area (TPSA) is 54.5 Å². The zero-order valence-corrected chi connectivity index (χ0v) is 16.8. The molecule has 1 heterocycles. The minimum absolute atomic E-state index is 0.142. The molecule has 2 rings (SSSR count). The van der Waals surface area contributed by atoms with Crippen molar-refractivity contribution in [3.63, 3.8) is 0 Å². The average molecular weight is 378 g/mol. The van der Waals surface area contributed by atoms with Gasteiger partial charge in [-0.2, -0.15) is 0 Å². The lowest BCUT2D eigenvalue weighted by Crippen LogP contribution is -2.56. The molecule has 0 bridgehead atoms. The van der Waals surface area contributed by atoms with Gasteiger partial charge in [0.1, 0.15) is 11.0 Å². The Kier molecular flexibility index (Phi) is 6.16. The molecule has 1 aliphatic rings. The Hall–Kier alpha value is -1.53. The van der Waals surface area contributed by atoms with E-state index in [1.165, 1.54) is 23.5 Å². The summed E-state index contributed by atoms with van der Waals surface area (Å²) in [6.07, 6.45) is 0. The number of ketones is 1. The predicted octanol–water partition coefficient (Wildman–Crippen LogP) is 4.18. The number of hydrogen-bond acceptors (Lipinski definition) is 5. The van der Waals surface area contributed by atoms with Crippen LogP contribution in [0.5, 0.6) is 0 Å². The fraction of sp³-hybridized carbons (Fsp3) is 0.421. The number of anilines is 1. The van der Waals surface area contributed by atoms with Crippen LogP contribution >= 0.6 is 23.5 Å². The normalized spacial score (nSPS) is 17.2. The first-order chi connectivity index (χ1) is 11.8. The minimum atomic E-state index is -1.26. The van der Waals surface area contributed by atoms with E-state index in [0.717, 1.165) is 22.0 Å². The van der Waals surface area contributed by atoms with Gasteiger partial charge >= 0.3 is 0 Å². The van der Waals surface area contributed by atoms with Crippen LogP contribution in [0.3, 0.4) is 0 Å². The second-order valence-corrected chi connectivity index (χ2v) is 9.07. The average Bonchev–Trinajstić information content (AvgIpc) is 2.56. The Morgan fingerprint density at radius 1 is 1.00 bits per heavy atom. The van der Waals surface area contributed by atoms with Crippen LogP contribution in [0.25, 0.3) is 0 Å². The van der Waals surface area contributed by atoms with E-state index in [-0.39, 0.29) is 11.4 Å². The van der Waals surface area contributed by atoms with E-state index in [1.807, 2.05) is 32.9 Å². The van der Waals surface area contributed by atoms with Gasteiger partial charge in [-0.15, -0.1) is 23.5 Å². The van der Waals surface area contributed by atoms with Crippen molar-refractivity contribution >= 4 is 46.8 Å². The Morgan fingerprint density at radius 2 is 1.52 bits per heavy atom. The van der Waals surface area contributed by atoms with Gasteiger partial charge in [0.15, 0.2) is 5.78 Å². The van der Waals surface area contributed by atoms with Crippen molar-refractivity contribution in [2.75, 3.05) is 16.4 Å². The first-order valence-corrected chi connectivity index (χ1v) is 10.2. The number of thioether (sulfide) groups is 2. The van der Waals surface area contributed by atoms with Gasteiger partial charge in [0.25, 0.3) is 5.91 Å². The van der Waals surface area contributed by atoms with Gasteiger partial charge in [0.2, 0.25) is 5.91 Å². The Bertz CT molecular complexity index is 728. The molecule has 0 aromatic heterocycles. The first kappa shape index (κ1) is 19.8. The number of rotatable bonds is 5. The Labute approximate surface area is 157 Å². The maximum Gasteiger partial charge on any atom is 0.270 e. The smallest absolute Gasteiger partial charge is 0.270 e. The van der Waals surface area contributed by atoms with E-state index in [2.05, 4.69) is 0 Å². The highest BCUT2D eigenvalue weighted by atomic mass is 32.2. The van der Waals surface area contributed by atoms with Crippen molar-refractivity contribution in [2.24, 2.45) is 5.41 Å². The number of piperidine rings is 1. The first-order valence-electron chi connectivity index (χ1n) is 8.25. The molecule has 1 fully saturated rings. The molecule has 1 aromatic carbocycles. The standard InChI is InChI=1S/C19H23NO3S2/c1-6-24-17(25-7-2)14-15(21)19(4,5)18(23)20(16(14)22)13-10-8-12(3)9-11-13/h8-11H,6-7H2,1-5H3. The molecule has 0 unspecified atom stereocenters. The van der Waals surface area contributed by atoms with Gasteiger partial charge in [-0.3, -0.25) is 14.4 Å². The number of hydrogen-bond donors (Lipinski definition) is 0. The van der Waals surface area contributed by atoms with E-state index in [0.29, 0.717) is 9.92 Å². The molecule has 0 spiro atoms. The van der Waals surface area contributed by atoms with E-state index in [1.54, 1.807) is 26.0 Å². The van der Waals surface area contributed by atoms with Gasteiger partial charge in [-0.1, -0.05) is 31.5 Å². The summed E-state index contributed by atoms with van der Waals surface area (Å²) in [6.45, 7) is 9.09. The van der Waals surface area contributed by atoms with Crippen molar-refractivity contribution in [1.82, 2.24) is 0 Å². The van der Waals surface area contributed by atoms with Gasteiger partial charge < -0.3 is 0 Å². The highest BCUT2D eigenvalue weighted by molar-refractivity contribution is 8.22. The summed E-state index contributed by atoms with van der Waals surface area (Å²) >= 11 is 2.96. The van der Waals surface area contributed by atoms with Gasteiger partial charge in [0, 0.05) is 0 Å². The summed E-state index contributed by atoms with van der Waals surface area (Å²) in [5.74, 6) is 0.131. The molecular formula is C19H23NO3S2. The van der Waals surface area contributed by atoms with Crippen molar-refractivity contribution in [2.45, 2.75) is 34.6 Å². The van der Waals surface area contributed by atoms with Crippen LogP contribution in [0, 0.1) is 12.3 Å². The van der Waals surface area contributed by atoms with E-state index >= 15 is 0 Å². The third kappa shape index (κ3) is 3.70. The summed E-state index contributed by atoms with van der Waals surface area (Å²) in [4.78, 5) is 40.1. The molecule has 0 atom stereocenters. The Balaban J connectivity index is 2.64. The highest BCUT2D eigenvalue weighted by Crippen LogP contribution is 2.40. The highest BCUT2D eigenvalue weighted by Gasteiger charge is 2.51. The zero-order valence-electron chi connectivity index (χ0n) is 15.2. The van der Waals surface area contributed by atoms with Crippen LogP contribution in [-0.4, -0.2) is 29.1 Å². The molecule has 1 aromatic rings. The maximum absolute atomic E-state index is 13.1. The fourth-order valence-corrected chi connectivity index (χ4v) is 4.76. The summed E-state index contributed by atoms with van der Waals surface area (Å²) in [5, 5.41) is 0. The molecule has 2 amide bonds. The van der Waals surface area contributed by atoms with Gasteiger partial charge in [-0.25, -0.2) is 4.90 Å². The monoisotopic (exact) mass is 377 g/mol. The molecule has 1 saturated heterocycles. The second-order valence-electron chi connectivity index (χ2n) is 6.26. The van der Waals surface area contributed by atoms with E-state index in [4.69, 9.17) is 0 Å². The van der Waals surface area contributed by atoms with Crippen molar-refractivity contribution in [3.8, 4) is 0 Å². The molecule has 1 aliphatic heterocycles. The largest absolute Gasteiger partial charge is 0.293 e. The molecule has 0 saturated carbocycles. The number of benzene rings is 1. The number of imide groups is 1. The Morgan fingerprint density at radius 3 is 2.00 bits per heavy atom. The number of carbonyl (C=O) groups excluding carboxylic acids is 3. The van der Waals surface area contributed by atoms with E-state index in [9.17, 15) is 14.4 Å². The van der Waals surface area contributed by atoms with Crippen molar-refractivity contribution in [1.29, 1.82) is 0 Å². The number of nitrogens with zero attached hydrogens (tertiary/aromatic N) is 1. The number of amides is 2. The second kappa shape index (κ2) is 7.79.